The molecule has 0 aromatic heterocycles. The highest BCUT2D eigenvalue weighted by Crippen LogP contribution is 2.14. The summed E-state index contributed by atoms with van der Waals surface area (Å²) in [6.07, 6.45) is 2.79. The second-order valence-electron chi connectivity index (χ2n) is 3.73. The Morgan fingerprint density at radius 2 is 2.21 bits per heavy atom. The molecule has 0 saturated carbocycles. The summed E-state index contributed by atoms with van der Waals surface area (Å²) in [5.41, 5.74) is 0. The number of hydrogen-bond donors (Lipinski definition) is 0. The van der Waals surface area contributed by atoms with E-state index in [4.69, 9.17) is 4.74 Å². The van der Waals surface area contributed by atoms with Crippen molar-refractivity contribution in [3.05, 3.63) is 0 Å². The van der Waals surface area contributed by atoms with Gasteiger partial charge in [-0.2, -0.15) is 0 Å². The average molecular weight is 221 g/mol. The molecule has 5 heteroatoms. The Morgan fingerprint density at radius 3 is 2.71 bits per heavy atom. The first-order valence-electron chi connectivity index (χ1n) is 5.12. The largest absolute Gasteiger partial charge is 0.377 e. The van der Waals surface area contributed by atoms with Crippen molar-refractivity contribution in [1.82, 2.24) is 4.31 Å². The molecule has 4 nitrogen and oxygen atoms in total. The molecular weight excluding hydrogens is 202 g/mol. The Bertz CT molecular complexity index is 257. The van der Waals surface area contributed by atoms with Gasteiger partial charge in [-0.1, -0.05) is 6.92 Å². The lowest BCUT2D eigenvalue weighted by atomic mass is 10.2. The summed E-state index contributed by atoms with van der Waals surface area (Å²) in [4.78, 5) is 0. The van der Waals surface area contributed by atoms with Gasteiger partial charge >= 0.3 is 0 Å². The minimum atomic E-state index is -3.04. The van der Waals surface area contributed by atoms with Gasteiger partial charge in [0.25, 0.3) is 0 Å². The molecule has 1 unspecified atom stereocenters. The number of ether oxygens (including phenoxy) is 1. The Kier molecular flexibility index (Phi) is 4.34. The highest BCUT2D eigenvalue weighted by molar-refractivity contribution is 7.89. The molecule has 0 aliphatic carbocycles. The summed E-state index contributed by atoms with van der Waals surface area (Å²) >= 11 is 0. The van der Waals surface area contributed by atoms with E-state index in [-0.39, 0.29) is 11.9 Å². The van der Waals surface area contributed by atoms with Gasteiger partial charge in [0.15, 0.2) is 0 Å². The smallest absolute Gasteiger partial charge is 0.213 e. The van der Waals surface area contributed by atoms with Gasteiger partial charge in [0.2, 0.25) is 10.0 Å². The molecule has 1 fully saturated rings. The van der Waals surface area contributed by atoms with Crippen LogP contribution in [-0.2, 0) is 14.8 Å². The van der Waals surface area contributed by atoms with Crippen molar-refractivity contribution >= 4 is 10.0 Å². The van der Waals surface area contributed by atoms with E-state index in [9.17, 15) is 8.42 Å². The van der Waals surface area contributed by atoms with Crippen LogP contribution in [0, 0.1) is 0 Å². The third kappa shape index (κ3) is 3.22. The van der Waals surface area contributed by atoms with E-state index in [1.54, 1.807) is 7.05 Å². The van der Waals surface area contributed by atoms with Crippen LogP contribution in [0.25, 0.3) is 0 Å². The fraction of sp³-hybridized carbons (Fsp3) is 1.00. The Morgan fingerprint density at radius 1 is 1.50 bits per heavy atom. The van der Waals surface area contributed by atoms with Crippen LogP contribution in [0.5, 0.6) is 0 Å². The van der Waals surface area contributed by atoms with Crippen LogP contribution in [0.3, 0.4) is 0 Å². The molecular formula is C9H19NO3S. The predicted molar refractivity (Wildman–Crippen MR) is 55.7 cm³/mol. The van der Waals surface area contributed by atoms with E-state index in [1.165, 1.54) is 4.31 Å². The Balaban J connectivity index is 2.43. The number of likely N-dealkylation sites (N-methyl/N-ethyl adjacent to an activating group) is 1. The first-order valence-corrected chi connectivity index (χ1v) is 6.73. The van der Waals surface area contributed by atoms with E-state index >= 15 is 0 Å². The SMILES string of the molecule is CCCS(=O)(=O)N(C)CC1CCCO1. The average Bonchev–Trinajstić information content (AvgIpc) is 2.56. The third-order valence-corrected chi connectivity index (χ3v) is 4.44. The molecule has 0 N–H and O–H groups in total. The van der Waals surface area contributed by atoms with Crippen molar-refractivity contribution in [3.63, 3.8) is 0 Å². The molecule has 1 heterocycles. The maximum absolute atomic E-state index is 11.6. The Labute approximate surface area is 86.3 Å². The maximum atomic E-state index is 11.6. The third-order valence-electron chi connectivity index (χ3n) is 2.42. The highest BCUT2D eigenvalue weighted by atomic mass is 32.2. The van der Waals surface area contributed by atoms with Crippen molar-refractivity contribution in [2.75, 3.05) is 26.0 Å². The summed E-state index contributed by atoms with van der Waals surface area (Å²) in [5.74, 6) is 0.232. The van der Waals surface area contributed by atoms with Crippen molar-refractivity contribution < 1.29 is 13.2 Å². The van der Waals surface area contributed by atoms with Crippen LogP contribution < -0.4 is 0 Å². The molecule has 84 valence electrons. The van der Waals surface area contributed by atoms with Crippen LogP contribution in [-0.4, -0.2) is 44.8 Å². The quantitative estimate of drug-likeness (QED) is 0.691. The normalized spacial score (nSPS) is 23.2. The molecule has 1 rings (SSSR count). The second-order valence-corrected chi connectivity index (χ2v) is 5.93. The summed E-state index contributed by atoms with van der Waals surface area (Å²) in [5, 5.41) is 0. The van der Waals surface area contributed by atoms with Crippen LogP contribution >= 0.6 is 0 Å². The number of rotatable bonds is 5. The van der Waals surface area contributed by atoms with E-state index < -0.39 is 10.0 Å². The van der Waals surface area contributed by atoms with Gasteiger partial charge in [0.05, 0.1) is 11.9 Å². The summed E-state index contributed by atoms with van der Waals surface area (Å²) < 4.78 is 30.0. The van der Waals surface area contributed by atoms with Gasteiger partial charge < -0.3 is 4.74 Å². The van der Waals surface area contributed by atoms with E-state index in [0.717, 1.165) is 19.4 Å². The van der Waals surface area contributed by atoms with Gasteiger partial charge in [0, 0.05) is 20.2 Å². The first kappa shape index (κ1) is 11.9. The zero-order valence-electron chi connectivity index (χ0n) is 8.90. The lowest BCUT2D eigenvalue weighted by Crippen LogP contribution is -2.35. The molecule has 0 aromatic rings. The molecule has 1 aliphatic heterocycles. The van der Waals surface area contributed by atoms with Gasteiger partial charge in [-0.3, -0.25) is 0 Å². The van der Waals surface area contributed by atoms with Gasteiger partial charge in [0.1, 0.15) is 0 Å². The van der Waals surface area contributed by atoms with Crippen LogP contribution in [0.15, 0.2) is 0 Å². The Hall–Kier alpha value is -0.130. The first-order chi connectivity index (χ1) is 6.56. The molecule has 1 aliphatic rings. The van der Waals surface area contributed by atoms with Crippen LogP contribution in [0.4, 0.5) is 0 Å². The monoisotopic (exact) mass is 221 g/mol. The van der Waals surface area contributed by atoms with Crippen LogP contribution in [0.2, 0.25) is 0 Å². The topological polar surface area (TPSA) is 46.6 Å². The molecule has 1 atom stereocenters. The molecule has 0 amide bonds. The molecule has 0 aromatic carbocycles. The zero-order chi connectivity index (χ0) is 10.6. The summed E-state index contributed by atoms with van der Waals surface area (Å²) in [6.45, 7) is 3.14. The lowest BCUT2D eigenvalue weighted by Gasteiger charge is -2.19. The molecule has 0 bridgehead atoms. The summed E-state index contributed by atoms with van der Waals surface area (Å²) in [7, 11) is -1.41. The fourth-order valence-corrected chi connectivity index (χ4v) is 2.82. The standard InChI is InChI=1S/C9H19NO3S/c1-3-7-14(11,12)10(2)8-9-5-4-6-13-9/h9H,3-8H2,1-2H3. The van der Waals surface area contributed by atoms with Gasteiger partial charge in [-0.05, 0) is 19.3 Å². The number of hydrogen-bond acceptors (Lipinski definition) is 3. The molecule has 1 saturated heterocycles. The second kappa shape index (κ2) is 5.09. The predicted octanol–water partition coefficient (Wildman–Crippen LogP) is 0.837. The van der Waals surface area contributed by atoms with Crippen LogP contribution in [0.1, 0.15) is 26.2 Å². The van der Waals surface area contributed by atoms with Crippen molar-refractivity contribution in [3.8, 4) is 0 Å². The molecule has 0 radical (unpaired) electrons. The lowest BCUT2D eigenvalue weighted by molar-refractivity contribution is 0.0979. The number of sulfonamides is 1. The van der Waals surface area contributed by atoms with Crippen molar-refractivity contribution in [2.24, 2.45) is 0 Å². The molecule has 14 heavy (non-hydrogen) atoms. The highest BCUT2D eigenvalue weighted by Gasteiger charge is 2.23. The van der Waals surface area contributed by atoms with Gasteiger partial charge in [-0.15, -0.1) is 0 Å². The van der Waals surface area contributed by atoms with E-state index in [2.05, 4.69) is 0 Å². The number of nitrogens with zero attached hydrogens (tertiary/aromatic N) is 1. The van der Waals surface area contributed by atoms with E-state index in [1.807, 2.05) is 6.92 Å². The van der Waals surface area contributed by atoms with Crippen molar-refractivity contribution in [2.45, 2.75) is 32.3 Å². The maximum Gasteiger partial charge on any atom is 0.213 e. The van der Waals surface area contributed by atoms with Gasteiger partial charge in [-0.25, -0.2) is 12.7 Å². The van der Waals surface area contributed by atoms with E-state index in [0.29, 0.717) is 13.0 Å². The minimum Gasteiger partial charge on any atom is -0.377 e. The zero-order valence-corrected chi connectivity index (χ0v) is 9.72. The fourth-order valence-electron chi connectivity index (χ4n) is 1.60. The summed E-state index contributed by atoms with van der Waals surface area (Å²) in [6, 6.07) is 0. The molecule has 0 spiro atoms. The minimum absolute atomic E-state index is 0.103. The van der Waals surface area contributed by atoms with Crippen molar-refractivity contribution in [1.29, 1.82) is 0 Å².